The van der Waals surface area contributed by atoms with Crippen molar-refractivity contribution in [1.82, 2.24) is 5.32 Å². The lowest BCUT2D eigenvalue weighted by atomic mass is 10.1. The summed E-state index contributed by atoms with van der Waals surface area (Å²) in [6.45, 7) is 7.02. The van der Waals surface area contributed by atoms with Crippen molar-refractivity contribution in [3.63, 3.8) is 0 Å². The quantitative estimate of drug-likeness (QED) is 0.846. The van der Waals surface area contributed by atoms with E-state index in [4.69, 9.17) is 0 Å². The number of ketones is 1. The second kappa shape index (κ2) is 4.74. The fourth-order valence-corrected chi connectivity index (χ4v) is 2.04. The minimum Gasteiger partial charge on any atom is -0.310 e. The third-order valence-electron chi connectivity index (χ3n) is 2.92. The third kappa shape index (κ3) is 2.81. The average molecular weight is 264 g/mol. The smallest absolute Gasteiger partial charge is 0.299 e. The van der Waals surface area contributed by atoms with Crippen LogP contribution in [0.4, 0.5) is 10.1 Å². The van der Waals surface area contributed by atoms with Crippen molar-refractivity contribution in [2.24, 2.45) is 0 Å². The van der Waals surface area contributed by atoms with Gasteiger partial charge < -0.3 is 10.2 Å². The molecule has 0 saturated heterocycles. The molecule has 0 fully saturated rings. The Morgan fingerprint density at radius 3 is 2.58 bits per heavy atom. The highest BCUT2D eigenvalue weighted by Gasteiger charge is 2.35. The zero-order valence-electron chi connectivity index (χ0n) is 11.3. The number of anilines is 1. The Morgan fingerprint density at radius 1 is 1.26 bits per heavy atom. The number of hydrogen-bond acceptors (Lipinski definition) is 3. The molecule has 0 spiro atoms. The largest absolute Gasteiger partial charge is 0.310 e. The maximum Gasteiger partial charge on any atom is 0.299 e. The second-order valence-corrected chi connectivity index (χ2v) is 5.62. The van der Waals surface area contributed by atoms with E-state index in [2.05, 4.69) is 5.32 Å². The molecule has 1 N–H and O–H groups in total. The molecule has 0 atom stereocenters. The Hall–Kier alpha value is -1.75. The third-order valence-corrected chi connectivity index (χ3v) is 2.92. The molecule has 5 heteroatoms. The number of carbonyl (C=O) groups excluding carboxylic acids is 2. The molecule has 0 aliphatic carbocycles. The number of nitrogens with zero attached hydrogens (tertiary/aromatic N) is 1. The Labute approximate surface area is 111 Å². The molecule has 1 aromatic rings. The van der Waals surface area contributed by atoms with E-state index in [0.717, 1.165) is 6.07 Å². The molecule has 1 aliphatic rings. The molecular formula is C14H17FN2O2. The second-order valence-electron chi connectivity index (χ2n) is 5.62. The summed E-state index contributed by atoms with van der Waals surface area (Å²) in [5.74, 6) is -1.73. The molecule has 4 nitrogen and oxygen atoms in total. The van der Waals surface area contributed by atoms with Gasteiger partial charge in [0, 0.05) is 18.6 Å². The van der Waals surface area contributed by atoms with Gasteiger partial charge in [-0.05, 0) is 39.0 Å². The monoisotopic (exact) mass is 264 g/mol. The average Bonchev–Trinajstić information content (AvgIpc) is 2.53. The number of amides is 1. The fraction of sp³-hybridized carbons (Fsp3) is 0.429. The van der Waals surface area contributed by atoms with Crippen LogP contribution in [0.1, 0.15) is 31.1 Å². The van der Waals surface area contributed by atoms with Gasteiger partial charge in [0.05, 0.1) is 11.3 Å². The van der Waals surface area contributed by atoms with E-state index in [1.165, 1.54) is 17.0 Å². The summed E-state index contributed by atoms with van der Waals surface area (Å²) in [5, 5.41) is 3.25. The van der Waals surface area contributed by atoms with Crippen LogP contribution in [0.3, 0.4) is 0 Å². The van der Waals surface area contributed by atoms with Crippen molar-refractivity contribution >= 4 is 17.4 Å². The molecule has 0 bridgehead atoms. The summed E-state index contributed by atoms with van der Waals surface area (Å²) >= 11 is 0. The Kier molecular flexibility index (Phi) is 3.41. The molecule has 0 unspecified atom stereocenters. The molecule has 1 aliphatic heterocycles. The van der Waals surface area contributed by atoms with E-state index in [1.54, 1.807) is 0 Å². The van der Waals surface area contributed by atoms with E-state index in [-0.39, 0.29) is 11.1 Å². The molecular weight excluding hydrogens is 247 g/mol. The van der Waals surface area contributed by atoms with Gasteiger partial charge in [-0.1, -0.05) is 0 Å². The van der Waals surface area contributed by atoms with Crippen LogP contribution in [0.2, 0.25) is 0 Å². The highest BCUT2D eigenvalue weighted by atomic mass is 19.1. The first kappa shape index (κ1) is 13.7. The van der Waals surface area contributed by atoms with Crippen LogP contribution >= 0.6 is 0 Å². The molecule has 2 rings (SSSR count). The predicted octanol–water partition coefficient (Wildman–Crippen LogP) is 1.74. The lowest BCUT2D eigenvalue weighted by Gasteiger charge is -2.23. The minimum absolute atomic E-state index is 0.0571. The van der Waals surface area contributed by atoms with E-state index in [1.807, 2.05) is 20.8 Å². The van der Waals surface area contributed by atoms with Gasteiger partial charge in [-0.2, -0.15) is 0 Å². The zero-order chi connectivity index (χ0) is 14.2. The first-order valence-corrected chi connectivity index (χ1v) is 6.20. The van der Waals surface area contributed by atoms with Gasteiger partial charge in [0.25, 0.3) is 11.7 Å². The van der Waals surface area contributed by atoms with Gasteiger partial charge in [-0.3, -0.25) is 9.59 Å². The van der Waals surface area contributed by atoms with Crippen molar-refractivity contribution in [1.29, 1.82) is 0 Å². The topological polar surface area (TPSA) is 49.4 Å². The first-order chi connectivity index (χ1) is 8.79. The SMILES string of the molecule is CC(C)(C)NCCN1C(=O)C(=O)c2cc(F)ccc21. The first-order valence-electron chi connectivity index (χ1n) is 6.20. The molecule has 1 heterocycles. The van der Waals surface area contributed by atoms with Crippen LogP contribution in [0.15, 0.2) is 18.2 Å². The predicted molar refractivity (Wildman–Crippen MR) is 70.8 cm³/mol. The van der Waals surface area contributed by atoms with Crippen LogP contribution in [-0.2, 0) is 4.79 Å². The number of carbonyl (C=O) groups is 2. The number of Topliss-reactive ketones (excluding diaryl/α,β-unsaturated/α-hetero) is 1. The van der Waals surface area contributed by atoms with Crippen LogP contribution < -0.4 is 10.2 Å². The molecule has 1 amide bonds. The summed E-state index contributed by atoms with van der Waals surface area (Å²) < 4.78 is 13.1. The maximum atomic E-state index is 13.1. The molecule has 102 valence electrons. The van der Waals surface area contributed by atoms with E-state index in [9.17, 15) is 14.0 Å². The standard InChI is InChI=1S/C14H17FN2O2/c1-14(2,3)16-6-7-17-11-5-4-9(15)8-10(11)12(18)13(17)19/h4-5,8,16H,6-7H2,1-3H3. The molecule has 0 radical (unpaired) electrons. The fourth-order valence-electron chi connectivity index (χ4n) is 2.04. The summed E-state index contributed by atoms with van der Waals surface area (Å²) in [4.78, 5) is 25.0. The Morgan fingerprint density at radius 2 is 1.95 bits per heavy atom. The number of benzene rings is 1. The van der Waals surface area contributed by atoms with Crippen molar-refractivity contribution in [2.45, 2.75) is 26.3 Å². The zero-order valence-corrected chi connectivity index (χ0v) is 11.3. The van der Waals surface area contributed by atoms with Crippen LogP contribution in [0.25, 0.3) is 0 Å². The van der Waals surface area contributed by atoms with Crippen molar-refractivity contribution in [3.05, 3.63) is 29.6 Å². The summed E-state index contributed by atoms with van der Waals surface area (Å²) in [7, 11) is 0. The Balaban J connectivity index is 2.15. The van der Waals surface area contributed by atoms with Gasteiger partial charge in [-0.15, -0.1) is 0 Å². The maximum absolute atomic E-state index is 13.1. The van der Waals surface area contributed by atoms with Gasteiger partial charge >= 0.3 is 0 Å². The van der Waals surface area contributed by atoms with Crippen LogP contribution in [0.5, 0.6) is 0 Å². The molecule has 1 aromatic carbocycles. The highest BCUT2D eigenvalue weighted by Crippen LogP contribution is 2.29. The van der Waals surface area contributed by atoms with Crippen molar-refractivity contribution in [2.75, 3.05) is 18.0 Å². The Bertz CT molecular complexity index is 535. The number of hydrogen-bond donors (Lipinski definition) is 1. The molecule has 19 heavy (non-hydrogen) atoms. The number of halogens is 1. The van der Waals surface area contributed by atoms with Crippen molar-refractivity contribution in [3.8, 4) is 0 Å². The van der Waals surface area contributed by atoms with Gasteiger partial charge in [-0.25, -0.2) is 4.39 Å². The van der Waals surface area contributed by atoms with Crippen molar-refractivity contribution < 1.29 is 14.0 Å². The van der Waals surface area contributed by atoms with Crippen LogP contribution in [-0.4, -0.2) is 30.3 Å². The summed E-state index contributed by atoms with van der Waals surface area (Å²) in [6.07, 6.45) is 0. The lowest BCUT2D eigenvalue weighted by Crippen LogP contribution is -2.42. The summed E-state index contributed by atoms with van der Waals surface area (Å²) in [5.41, 5.74) is 0.589. The van der Waals surface area contributed by atoms with Gasteiger partial charge in [0.1, 0.15) is 5.82 Å². The number of rotatable bonds is 3. The van der Waals surface area contributed by atoms with E-state index < -0.39 is 17.5 Å². The van der Waals surface area contributed by atoms with Gasteiger partial charge in [0.15, 0.2) is 0 Å². The van der Waals surface area contributed by atoms with Crippen LogP contribution in [0, 0.1) is 5.82 Å². The normalized spacial score (nSPS) is 15.1. The van der Waals surface area contributed by atoms with E-state index >= 15 is 0 Å². The highest BCUT2D eigenvalue weighted by molar-refractivity contribution is 6.52. The number of fused-ring (bicyclic) bond motifs is 1. The molecule has 0 saturated carbocycles. The van der Waals surface area contributed by atoms with E-state index in [0.29, 0.717) is 18.8 Å². The molecule has 0 aromatic heterocycles. The number of nitrogens with one attached hydrogen (secondary N) is 1. The summed E-state index contributed by atoms with van der Waals surface area (Å²) in [6, 6.07) is 3.85. The van der Waals surface area contributed by atoms with Gasteiger partial charge in [0.2, 0.25) is 0 Å². The minimum atomic E-state index is -0.634. The lowest BCUT2D eigenvalue weighted by molar-refractivity contribution is -0.114.